The molecule has 4 aliphatic rings. The van der Waals surface area contributed by atoms with Gasteiger partial charge in [-0.1, -0.05) is 32.9 Å². The van der Waals surface area contributed by atoms with Gasteiger partial charge in [0.05, 0.1) is 17.6 Å². The molecule has 144 valence electrons. The van der Waals surface area contributed by atoms with Gasteiger partial charge in [-0.3, -0.25) is 4.79 Å². The highest BCUT2D eigenvalue weighted by Crippen LogP contribution is 2.73. The third-order valence-electron chi connectivity index (χ3n) is 8.10. The van der Waals surface area contributed by atoms with Gasteiger partial charge in [-0.05, 0) is 30.4 Å². The van der Waals surface area contributed by atoms with Crippen LogP contribution in [-0.2, 0) is 4.79 Å². The maximum absolute atomic E-state index is 13.8. The van der Waals surface area contributed by atoms with E-state index in [4.69, 9.17) is 0 Å². The molecule has 0 aromatic carbocycles. The summed E-state index contributed by atoms with van der Waals surface area (Å²) >= 11 is 0. The zero-order valence-electron chi connectivity index (χ0n) is 15.6. The smallest absolute Gasteiger partial charge is 0.153 e. The molecule has 0 heterocycles. The summed E-state index contributed by atoms with van der Waals surface area (Å²) in [6.07, 6.45) is 0.413. The number of ketones is 1. The fraction of sp³-hybridized carbons (Fsp3) is 0.750. The van der Waals surface area contributed by atoms with Crippen molar-refractivity contribution >= 4 is 5.78 Å². The molecule has 8 atom stereocenters. The summed E-state index contributed by atoms with van der Waals surface area (Å²) in [4.78, 5) is 13.8. The van der Waals surface area contributed by atoms with E-state index < -0.39 is 52.7 Å². The highest BCUT2D eigenvalue weighted by Gasteiger charge is 2.80. The van der Waals surface area contributed by atoms with E-state index in [2.05, 4.69) is 0 Å². The molecule has 6 heteroatoms. The minimum absolute atomic E-state index is 0.119. The van der Waals surface area contributed by atoms with E-state index in [-0.39, 0.29) is 17.3 Å². The molecule has 2 saturated carbocycles. The van der Waals surface area contributed by atoms with Crippen molar-refractivity contribution in [3.63, 3.8) is 0 Å². The molecule has 8 unspecified atom stereocenters. The normalized spacial score (nSPS) is 54.5. The van der Waals surface area contributed by atoms with E-state index >= 15 is 0 Å². The lowest BCUT2D eigenvalue weighted by atomic mass is 9.59. The molecule has 0 aliphatic heterocycles. The monoisotopic (exact) mass is 364 g/mol. The van der Waals surface area contributed by atoms with Gasteiger partial charge in [0.15, 0.2) is 5.78 Å². The number of rotatable bonds is 1. The lowest BCUT2D eigenvalue weighted by molar-refractivity contribution is -0.191. The topological polar surface area (TPSA) is 118 Å². The second-order valence-corrected chi connectivity index (χ2v) is 9.41. The highest BCUT2D eigenvalue weighted by atomic mass is 16.4. The summed E-state index contributed by atoms with van der Waals surface area (Å²) in [6, 6.07) is 0. The second kappa shape index (κ2) is 4.86. The van der Waals surface area contributed by atoms with Crippen LogP contribution in [0.5, 0.6) is 0 Å². The zero-order chi connectivity index (χ0) is 19.4. The Labute approximate surface area is 152 Å². The first kappa shape index (κ1) is 18.3. The van der Waals surface area contributed by atoms with Crippen LogP contribution in [0.3, 0.4) is 0 Å². The summed E-state index contributed by atoms with van der Waals surface area (Å²) < 4.78 is 0. The number of allylic oxidation sites excluding steroid dienone is 1. The lowest BCUT2D eigenvalue weighted by Crippen LogP contribution is -2.65. The molecule has 6 nitrogen and oxygen atoms in total. The Bertz CT molecular complexity index is 753. The quantitative estimate of drug-likeness (QED) is 0.416. The molecule has 0 saturated heterocycles. The second-order valence-electron chi connectivity index (χ2n) is 9.41. The molecule has 0 radical (unpaired) electrons. The Morgan fingerprint density at radius 1 is 1.19 bits per heavy atom. The van der Waals surface area contributed by atoms with E-state index in [1.165, 1.54) is 6.08 Å². The van der Waals surface area contributed by atoms with Gasteiger partial charge in [-0.2, -0.15) is 0 Å². The van der Waals surface area contributed by atoms with Gasteiger partial charge < -0.3 is 25.5 Å². The molecule has 0 aromatic rings. The predicted molar refractivity (Wildman–Crippen MR) is 92.8 cm³/mol. The Morgan fingerprint density at radius 2 is 1.81 bits per heavy atom. The van der Waals surface area contributed by atoms with Crippen LogP contribution < -0.4 is 0 Å². The molecule has 1 spiro atoms. The Morgan fingerprint density at radius 3 is 2.38 bits per heavy atom. The van der Waals surface area contributed by atoms with Crippen molar-refractivity contribution in [3.05, 3.63) is 23.3 Å². The number of hydrogen-bond acceptors (Lipinski definition) is 6. The summed E-state index contributed by atoms with van der Waals surface area (Å²) in [5.41, 5.74) is -4.67. The van der Waals surface area contributed by atoms with Gasteiger partial charge in [0.2, 0.25) is 0 Å². The van der Waals surface area contributed by atoms with Crippen molar-refractivity contribution in [2.45, 2.75) is 57.5 Å². The number of carbonyl (C=O) groups excluding carboxylic acids is 1. The fourth-order valence-electron chi connectivity index (χ4n) is 6.53. The van der Waals surface area contributed by atoms with E-state index in [1.54, 1.807) is 19.9 Å². The standard InChI is InChI=1S/C20H28O6/c1-9-6-18-10(2)7-19(25)13(17(19,3)4)12(16(18)24)5-11(8-21)15(23)20(18,26)14(9)22/h5-6,10,12-15,21-23,25-26H,7-8H2,1-4H3. The molecule has 4 rings (SSSR count). The fourth-order valence-corrected chi connectivity index (χ4v) is 6.53. The third-order valence-corrected chi connectivity index (χ3v) is 8.10. The number of aliphatic hydroxyl groups is 5. The van der Waals surface area contributed by atoms with Crippen LogP contribution in [0.4, 0.5) is 0 Å². The first-order valence-electron chi connectivity index (χ1n) is 9.27. The average Bonchev–Trinajstić information content (AvgIpc) is 2.95. The van der Waals surface area contributed by atoms with Crippen LogP contribution in [0.25, 0.3) is 0 Å². The molecular formula is C20H28O6. The molecule has 26 heavy (non-hydrogen) atoms. The van der Waals surface area contributed by atoms with Crippen molar-refractivity contribution in [1.82, 2.24) is 0 Å². The summed E-state index contributed by atoms with van der Waals surface area (Å²) in [5.74, 6) is -1.88. The van der Waals surface area contributed by atoms with Crippen LogP contribution in [0.1, 0.15) is 34.1 Å². The van der Waals surface area contributed by atoms with Gasteiger partial charge in [-0.25, -0.2) is 0 Å². The molecule has 2 bridgehead atoms. The van der Waals surface area contributed by atoms with Crippen LogP contribution >= 0.6 is 0 Å². The zero-order valence-corrected chi connectivity index (χ0v) is 15.6. The average molecular weight is 364 g/mol. The molecule has 4 aliphatic carbocycles. The van der Waals surface area contributed by atoms with Crippen molar-refractivity contribution < 1.29 is 30.3 Å². The first-order valence-corrected chi connectivity index (χ1v) is 9.27. The van der Waals surface area contributed by atoms with Gasteiger partial charge in [-0.15, -0.1) is 0 Å². The number of Topliss-reactive ketones (excluding diaryl/α,β-unsaturated/α-hetero) is 1. The highest BCUT2D eigenvalue weighted by molar-refractivity contribution is 5.95. The summed E-state index contributed by atoms with van der Waals surface area (Å²) in [5, 5.41) is 54.3. The summed E-state index contributed by atoms with van der Waals surface area (Å²) in [7, 11) is 0. The maximum atomic E-state index is 13.8. The maximum Gasteiger partial charge on any atom is 0.153 e. The Kier molecular flexibility index (Phi) is 3.42. The minimum Gasteiger partial charge on any atom is -0.392 e. The van der Waals surface area contributed by atoms with Crippen LogP contribution in [0, 0.1) is 28.6 Å². The number of hydrogen-bond donors (Lipinski definition) is 5. The molecule has 0 aromatic heterocycles. The van der Waals surface area contributed by atoms with E-state index in [0.29, 0.717) is 12.0 Å². The van der Waals surface area contributed by atoms with E-state index in [0.717, 1.165) is 0 Å². The van der Waals surface area contributed by atoms with Crippen LogP contribution in [0.2, 0.25) is 0 Å². The SMILES string of the molecule is CC1=CC23C(=O)C(C=C(CO)C(O)C2(O)C1O)C1C(C)(C)C1(O)CC3C. The Hall–Kier alpha value is -1.05. The largest absolute Gasteiger partial charge is 0.392 e. The van der Waals surface area contributed by atoms with Crippen molar-refractivity contribution in [3.8, 4) is 0 Å². The van der Waals surface area contributed by atoms with Gasteiger partial charge in [0, 0.05) is 17.3 Å². The van der Waals surface area contributed by atoms with E-state index in [1.807, 2.05) is 13.8 Å². The van der Waals surface area contributed by atoms with Crippen LogP contribution in [-0.4, -0.2) is 61.3 Å². The predicted octanol–water partition coefficient (Wildman–Crippen LogP) is -0.0699. The van der Waals surface area contributed by atoms with E-state index in [9.17, 15) is 30.3 Å². The van der Waals surface area contributed by atoms with Crippen molar-refractivity contribution in [2.24, 2.45) is 28.6 Å². The molecule has 2 fully saturated rings. The molecular weight excluding hydrogens is 336 g/mol. The first-order chi connectivity index (χ1) is 11.9. The lowest BCUT2D eigenvalue weighted by Gasteiger charge is -2.48. The molecule has 0 amide bonds. The molecule has 5 N–H and O–H groups in total. The number of carbonyl (C=O) groups is 1. The van der Waals surface area contributed by atoms with Crippen molar-refractivity contribution in [2.75, 3.05) is 6.61 Å². The van der Waals surface area contributed by atoms with Gasteiger partial charge >= 0.3 is 0 Å². The minimum atomic E-state index is -2.16. The van der Waals surface area contributed by atoms with Gasteiger partial charge in [0.25, 0.3) is 0 Å². The summed E-state index contributed by atoms with van der Waals surface area (Å²) in [6.45, 7) is 6.71. The number of aliphatic hydroxyl groups excluding tert-OH is 3. The number of fused-ring (bicyclic) bond motifs is 3. The van der Waals surface area contributed by atoms with Crippen LogP contribution in [0.15, 0.2) is 23.3 Å². The van der Waals surface area contributed by atoms with Crippen molar-refractivity contribution in [1.29, 1.82) is 0 Å². The Balaban J connectivity index is 2.02. The third kappa shape index (κ3) is 1.61. The van der Waals surface area contributed by atoms with Gasteiger partial charge in [0.1, 0.15) is 17.8 Å².